The molecule has 0 amide bonds. The lowest BCUT2D eigenvalue weighted by Crippen LogP contribution is -2.00. The van der Waals surface area contributed by atoms with E-state index in [1.165, 1.54) is 11.3 Å². The minimum atomic E-state index is -0.964. The first-order chi connectivity index (χ1) is 9.15. The monoisotopic (exact) mass is 277 g/mol. The number of methoxy groups -OCH3 is 1. The van der Waals surface area contributed by atoms with Crippen molar-refractivity contribution in [2.45, 2.75) is 19.8 Å². The van der Waals surface area contributed by atoms with Gasteiger partial charge in [0.2, 0.25) is 0 Å². The van der Waals surface area contributed by atoms with Gasteiger partial charge in [-0.2, -0.15) is 0 Å². The lowest BCUT2D eigenvalue weighted by atomic mass is 10.2. The number of nitrogens with zero attached hydrogens (tertiary/aromatic N) is 1. The number of ether oxygens (including phenoxy) is 1. The number of carboxylic acid groups (broad SMARTS) is 1. The molecule has 0 radical (unpaired) electrons. The summed E-state index contributed by atoms with van der Waals surface area (Å²) in [7, 11) is 1.60. The SMILES string of the molecule is CCCc1sc(-c2cccc(OC)c2)nc1C(=O)O. The molecule has 0 aliphatic heterocycles. The fourth-order valence-corrected chi connectivity index (χ4v) is 2.95. The number of benzene rings is 1. The molecule has 2 rings (SSSR count). The largest absolute Gasteiger partial charge is 0.497 e. The van der Waals surface area contributed by atoms with E-state index in [9.17, 15) is 9.90 Å². The third-order valence-corrected chi connectivity index (χ3v) is 3.86. The highest BCUT2D eigenvalue weighted by Gasteiger charge is 2.17. The van der Waals surface area contributed by atoms with Crippen LogP contribution in [0.25, 0.3) is 10.6 Å². The second-order valence-electron chi connectivity index (χ2n) is 4.08. The zero-order valence-corrected chi connectivity index (χ0v) is 11.7. The minimum absolute atomic E-state index is 0.171. The van der Waals surface area contributed by atoms with Gasteiger partial charge in [-0.15, -0.1) is 11.3 Å². The number of aromatic nitrogens is 1. The van der Waals surface area contributed by atoms with Gasteiger partial charge in [-0.1, -0.05) is 25.5 Å². The van der Waals surface area contributed by atoms with Gasteiger partial charge in [0, 0.05) is 10.4 Å². The van der Waals surface area contributed by atoms with Crippen LogP contribution >= 0.6 is 11.3 Å². The van der Waals surface area contributed by atoms with E-state index in [2.05, 4.69) is 4.98 Å². The predicted octanol–water partition coefficient (Wildman–Crippen LogP) is 3.47. The summed E-state index contributed by atoms with van der Waals surface area (Å²) in [5.74, 6) is -0.226. The average molecular weight is 277 g/mol. The molecular weight excluding hydrogens is 262 g/mol. The summed E-state index contributed by atoms with van der Waals surface area (Å²) in [4.78, 5) is 16.2. The summed E-state index contributed by atoms with van der Waals surface area (Å²) in [6.45, 7) is 2.02. The lowest BCUT2D eigenvalue weighted by molar-refractivity contribution is 0.0690. The van der Waals surface area contributed by atoms with Crippen LogP contribution in [0.2, 0.25) is 0 Å². The number of carboxylic acids is 1. The molecule has 0 saturated heterocycles. The van der Waals surface area contributed by atoms with E-state index in [0.717, 1.165) is 34.0 Å². The standard InChI is InChI=1S/C14H15NO3S/c1-3-5-11-12(14(16)17)15-13(19-11)9-6-4-7-10(8-9)18-2/h4,6-8H,3,5H2,1-2H3,(H,16,17). The van der Waals surface area contributed by atoms with E-state index in [1.54, 1.807) is 7.11 Å². The first kappa shape index (κ1) is 13.5. The first-order valence-electron chi connectivity index (χ1n) is 6.03. The van der Waals surface area contributed by atoms with Crippen LogP contribution in [0.3, 0.4) is 0 Å². The van der Waals surface area contributed by atoms with Crippen molar-refractivity contribution in [3.05, 3.63) is 34.8 Å². The molecule has 1 N–H and O–H groups in total. The molecule has 0 aliphatic rings. The van der Waals surface area contributed by atoms with Crippen LogP contribution in [-0.2, 0) is 6.42 Å². The van der Waals surface area contributed by atoms with Crippen LogP contribution in [0.5, 0.6) is 5.75 Å². The molecule has 100 valence electrons. The Balaban J connectivity index is 2.44. The second kappa shape index (κ2) is 5.84. The summed E-state index contributed by atoms with van der Waals surface area (Å²) in [5.41, 5.74) is 1.05. The Bertz CT molecular complexity index is 592. The van der Waals surface area contributed by atoms with Gasteiger partial charge in [0.15, 0.2) is 5.69 Å². The number of carbonyl (C=O) groups is 1. The summed E-state index contributed by atoms with van der Waals surface area (Å²) in [5, 5.41) is 9.89. The number of thiazole rings is 1. The number of rotatable bonds is 5. The molecule has 4 nitrogen and oxygen atoms in total. The van der Waals surface area contributed by atoms with Crippen molar-refractivity contribution in [1.29, 1.82) is 0 Å². The summed E-state index contributed by atoms with van der Waals surface area (Å²) >= 11 is 1.44. The molecule has 0 saturated carbocycles. The van der Waals surface area contributed by atoms with E-state index >= 15 is 0 Å². The van der Waals surface area contributed by atoms with Crippen LogP contribution in [-0.4, -0.2) is 23.2 Å². The maximum atomic E-state index is 11.2. The van der Waals surface area contributed by atoms with Gasteiger partial charge in [0.05, 0.1) is 7.11 Å². The van der Waals surface area contributed by atoms with Crippen molar-refractivity contribution in [2.24, 2.45) is 0 Å². The van der Waals surface area contributed by atoms with E-state index in [4.69, 9.17) is 4.74 Å². The number of hydrogen-bond acceptors (Lipinski definition) is 4. The molecule has 0 atom stereocenters. The van der Waals surface area contributed by atoms with Gasteiger partial charge >= 0.3 is 5.97 Å². The van der Waals surface area contributed by atoms with Crippen molar-refractivity contribution in [3.63, 3.8) is 0 Å². The van der Waals surface area contributed by atoms with Crippen LogP contribution in [0.1, 0.15) is 28.7 Å². The lowest BCUT2D eigenvalue weighted by Gasteiger charge is -2.00. The van der Waals surface area contributed by atoms with E-state index < -0.39 is 5.97 Å². The minimum Gasteiger partial charge on any atom is -0.497 e. The van der Waals surface area contributed by atoms with Gasteiger partial charge in [0.1, 0.15) is 10.8 Å². The zero-order chi connectivity index (χ0) is 13.8. The zero-order valence-electron chi connectivity index (χ0n) is 10.8. The van der Waals surface area contributed by atoms with E-state index in [-0.39, 0.29) is 5.69 Å². The molecule has 1 aromatic heterocycles. The molecule has 5 heteroatoms. The maximum absolute atomic E-state index is 11.2. The van der Waals surface area contributed by atoms with Gasteiger partial charge in [0.25, 0.3) is 0 Å². The average Bonchev–Trinajstić information content (AvgIpc) is 2.83. The molecular formula is C14H15NO3S. The topological polar surface area (TPSA) is 59.4 Å². The van der Waals surface area contributed by atoms with Gasteiger partial charge in [-0.05, 0) is 18.6 Å². The highest BCUT2D eigenvalue weighted by molar-refractivity contribution is 7.15. The Morgan fingerprint density at radius 3 is 2.89 bits per heavy atom. The summed E-state index contributed by atoms with van der Waals surface area (Å²) < 4.78 is 5.17. The molecule has 0 unspecified atom stereocenters. The van der Waals surface area contributed by atoms with Crippen LogP contribution < -0.4 is 4.74 Å². The van der Waals surface area contributed by atoms with Gasteiger partial charge < -0.3 is 9.84 Å². The fourth-order valence-electron chi connectivity index (χ4n) is 1.79. The summed E-state index contributed by atoms with van der Waals surface area (Å²) in [6, 6.07) is 7.49. The van der Waals surface area contributed by atoms with Crippen molar-refractivity contribution in [2.75, 3.05) is 7.11 Å². The van der Waals surface area contributed by atoms with Crippen LogP contribution in [0.4, 0.5) is 0 Å². The van der Waals surface area contributed by atoms with Crippen LogP contribution in [0.15, 0.2) is 24.3 Å². The van der Waals surface area contributed by atoms with Crippen molar-refractivity contribution < 1.29 is 14.6 Å². The third-order valence-electron chi connectivity index (χ3n) is 2.69. The number of aryl methyl sites for hydroxylation is 1. The quantitative estimate of drug-likeness (QED) is 0.909. The molecule has 0 fully saturated rings. The Hall–Kier alpha value is -1.88. The van der Waals surface area contributed by atoms with Crippen molar-refractivity contribution >= 4 is 17.3 Å². The van der Waals surface area contributed by atoms with Gasteiger partial charge in [-0.3, -0.25) is 0 Å². The number of hydrogen-bond donors (Lipinski definition) is 1. The molecule has 0 aliphatic carbocycles. The summed E-state index contributed by atoms with van der Waals surface area (Å²) in [6.07, 6.45) is 1.64. The van der Waals surface area contributed by atoms with Crippen molar-refractivity contribution in [1.82, 2.24) is 4.98 Å². The smallest absolute Gasteiger partial charge is 0.355 e. The normalized spacial score (nSPS) is 10.4. The fraction of sp³-hybridized carbons (Fsp3) is 0.286. The molecule has 2 aromatic rings. The molecule has 0 bridgehead atoms. The Morgan fingerprint density at radius 2 is 2.26 bits per heavy atom. The second-order valence-corrected chi connectivity index (χ2v) is 5.16. The highest BCUT2D eigenvalue weighted by atomic mass is 32.1. The number of aromatic carboxylic acids is 1. The predicted molar refractivity (Wildman–Crippen MR) is 75.1 cm³/mol. The van der Waals surface area contributed by atoms with E-state index in [0.29, 0.717) is 0 Å². The molecule has 1 aromatic carbocycles. The Labute approximate surface area is 115 Å². The molecule has 1 heterocycles. The highest BCUT2D eigenvalue weighted by Crippen LogP contribution is 2.31. The Kier molecular flexibility index (Phi) is 4.16. The first-order valence-corrected chi connectivity index (χ1v) is 6.84. The van der Waals surface area contributed by atoms with Gasteiger partial charge in [-0.25, -0.2) is 9.78 Å². The van der Waals surface area contributed by atoms with Crippen molar-refractivity contribution in [3.8, 4) is 16.3 Å². The van der Waals surface area contributed by atoms with Crippen LogP contribution in [0, 0.1) is 0 Å². The molecule has 19 heavy (non-hydrogen) atoms. The third kappa shape index (κ3) is 2.93. The van der Waals surface area contributed by atoms with E-state index in [1.807, 2.05) is 31.2 Å². The maximum Gasteiger partial charge on any atom is 0.355 e. The molecule has 0 spiro atoms. The Morgan fingerprint density at radius 1 is 1.47 bits per heavy atom.